The van der Waals surface area contributed by atoms with Gasteiger partial charge in [0.25, 0.3) is 15.9 Å². The zero-order chi connectivity index (χ0) is 25.8. The van der Waals surface area contributed by atoms with Gasteiger partial charge in [0.1, 0.15) is 5.75 Å². The Morgan fingerprint density at radius 1 is 0.919 bits per heavy atom. The summed E-state index contributed by atoms with van der Waals surface area (Å²) in [5.74, 6) is -0.0180. The normalized spacial score (nSPS) is 18.1. The Labute approximate surface area is 223 Å². The van der Waals surface area contributed by atoms with Gasteiger partial charge in [-0.25, -0.2) is 8.42 Å². The van der Waals surface area contributed by atoms with E-state index >= 15 is 0 Å². The Kier molecular flexibility index (Phi) is 7.69. The van der Waals surface area contributed by atoms with E-state index in [4.69, 9.17) is 16.3 Å². The molecule has 0 saturated carbocycles. The number of rotatable bonds is 7. The third-order valence-electron chi connectivity index (χ3n) is 6.84. The van der Waals surface area contributed by atoms with E-state index in [1.807, 2.05) is 18.2 Å². The minimum Gasteiger partial charge on any atom is -0.476 e. The third-order valence-corrected chi connectivity index (χ3v) is 8.89. The Bertz CT molecular complexity index is 1360. The second kappa shape index (κ2) is 11.1. The molecule has 2 aliphatic heterocycles. The van der Waals surface area contributed by atoms with Crippen molar-refractivity contribution in [2.45, 2.75) is 43.4 Å². The molecule has 2 aliphatic rings. The van der Waals surface area contributed by atoms with Gasteiger partial charge in [0.2, 0.25) is 0 Å². The van der Waals surface area contributed by atoms with E-state index in [1.165, 1.54) is 53.4 Å². The lowest BCUT2D eigenvalue weighted by Gasteiger charge is -2.34. The number of likely N-dealkylation sites (tertiary alicyclic amines) is 1. The van der Waals surface area contributed by atoms with Crippen LogP contribution in [0, 0.1) is 0 Å². The van der Waals surface area contributed by atoms with Crippen molar-refractivity contribution >= 4 is 33.2 Å². The zero-order valence-corrected chi connectivity index (χ0v) is 22.0. The number of sulfonamides is 1. The molecule has 0 bridgehead atoms. The first-order chi connectivity index (χ1) is 17.9. The van der Waals surface area contributed by atoms with Crippen molar-refractivity contribution in [3.63, 3.8) is 0 Å². The molecule has 0 spiro atoms. The van der Waals surface area contributed by atoms with Crippen LogP contribution in [-0.4, -0.2) is 45.0 Å². The van der Waals surface area contributed by atoms with Crippen LogP contribution in [0.3, 0.4) is 0 Å². The number of para-hydroxylation sites is 2. The van der Waals surface area contributed by atoms with Gasteiger partial charge >= 0.3 is 0 Å². The number of nitrogens with zero attached hydrogens (tertiary/aromatic N) is 2. The molecule has 3 aromatic rings. The Hall–Kier alpha value is -3.07. The van der Waals surface area contributed by atoms with Crippen molar-refractivity contribution in [3.05, 3.63) is 88.9 Å². The summed E-state index contributed by atoms with van der Waals surface area (Å²) in [7, 11) is -3.94. The molecule has 1 fully saturated rings. The van der Waals surface area contributed by atoms with E-state index in [1.54, 1.807) is 24.3 Å². The third kappa shape index (κ3) is 5.76. The van der Waals surface area contributed by atoms with Crippen molar-refractivity contribution < 1.29 is 17.9 Å². The molecule has 0 aromatic heterocycles. The van der Waals surface area contributed by atoms with Crippen LogP contribution in [0.25, 0.3) is 0 Å². The highest BCUT2D eigenvalue weighted by Crippen LogP contribution is 2.37. The van der Waals surface area contributed by atoms with Crippen molar-refractivity contribution in [1.29, 1.82) is 0 Å². The molecule has 2 heterocycles. The summed E-state index contributed by atoms with van der Waals surface area (Å²) in [4.78, 5) is 15.8. The molecule has 0 unspecified atom stereocenters. The van der Waals surface area contributed by atoms with Gasteiger partial charge in [0.05, 0.1) is 17.1 Å². The molecule has 0 aliphatic carbocycles. The number of amides is 1. The number of hydrogen-bond acceptors (Lipinski definition) is 5. The number of carbonyl (C=O) groups excluding carboxylic acids is 1. The molecule has 5 rings (SSSR count). The summed E-state index contributed by atoms with van der Waals surface area (Å²) in [6, 6.07) is 20.9. The number of anilines is 1. The summed E-state index contributed by atoms with van der Waals surface area (Å²) < 4.78 is 34.3. The summed E-state index contributed by atoms with van der Waals surface area (Å²) in [6.45, 7) is 3.24. The molecule has 194 valence electrons. The lowest BCUT2D eigenvalue weighted by Crippen LogP contribution is -2.50. The number of benzene rings is 3. The molecule has 0 radical (unpaired) electrons. The van der Waals surface area contributed by atoms with Gasteiger partial charge in [0, 0.05) is 18.1 Å². The van der Waals surface area contributed by atoms with Crippen LogP contribution in [0.15, 0.2) is 77.7 Å². The zero-order valence-electron chi connectivity index (χ0n) is 20.5. The molecule has 1 saturated heterocycles. The predicted octanol–water partition coefficient (Wildman–Crippen LogP) is 4.60. The first kappa shape index (κ1) is 25.6. The van der Waals surface area contributed by atoms with Gasteiger partial charge in [0.15, 0.2) is 6.10 Å². The number of halogens is 1. The first-order valence-electron chi connectivity index (χ1n) is 12.5. The second-order valence-corrected chi connectivity index (χ2v) is 11.7. The first-order valence-corrected chi connectivity index (χ1v) is 14.3. The highest BCUT2D eigenvalue weighted by Gasteiger charge is 2.37. The minimum absolute atomic E-state index is 0.0967. The summed E-state index contributed by atoms with van der Waals surface area (Å²) >= 11 is 5.96. The molecule has 9 heteroatoms. The molecular formula is C28H30ClN3O4S. The Morgan fingerprint density at radius 3 is 2.35 bits per heavy atom. The topological polar surface area (TPSA) is 79.0 Å². The van der Waals surface area contributed by atoms with Gasteiger partial charge in [-0.3, -0.25) is 14.0 Å². The smallest absolute Gasteiger partial charge is 0.264 e. The molecule has 1 amide bonds. The number of hydrogen-bond donors (Lipinski definition) is 1. The lowest BCUT2D eigenvalue weighted by atomic mass is 10.0. The van der Waals surface area contributed by atoms with Crippen molar-refractivity contribution in [1.82, 2.24) is 10.2 Å². The van der Waals surface area contributed by atoms with Crippen molar-refractivity contribution in [2.24, 2.45) is 0 Å². The number of piperidine rings is 1. The lowest BCUT2D eigenvalue weighted by molar-refractivity contribution is -0.127. The maximum atomic E-state index is 13.5. The van der Waals surface area contributed by atoms with Crippen molar-refractivity contribution in [3.8, 4) is 5.75 Å². The predicted molar refractivity (Wildman–Crippen MR) is 144 cm³/mol. The van der Waals surface area contributed by atoms with Crippen LogP contribution in [-0.2, 0) is 27.9 Å². The summed E-state index contributed by atoms with van der Waals surface area (Å²) in [5.41, 5.74) is 2.63. The fraction of sp³-hybridized carbons (Fsp3) is 0.321. The highest BCUT2D eigenvalue weighted by atomic mass is 35.5. The second-order valence-electron chi connectivity index (χ2n) is 9.39. The average Bonchev–Trinajstić information content (AvgIpc) is 2.92. The van der Waals surface area contributed by atoms with Crippen LogP contribution < -0.4 is 14.4 Å². The number of fused-ring (bicyclic) bond motifs is 1. The van der Waals surface area contributed by atoms with Crippen LogP contribution in [0.2, 0.25) is 5.02 Å². The van der Waals surface area contributed by atoms with E-state index in [9.17, 15) is 13.2 Å². The SMILES string of the molecule is O=C(NCc1ccccc1CN1CCCCC1)[C@@H]1CN(S(=O)(=O)c2ccc(Cl)cc2)c2ccccc2O1. The molecule has 1 atom stereocenters. The minimum atomic E-state index is -3.94. The monoisotopic (exact) mass is 539 g/mol. The van der Waals surface area contributed by atoms with Crippen LogP contribution in [0.1, 0.15) is 30.4 Å². The van der Waals surface area contributed by atoms with Gasteiger partial charge in [-0.2, -0.15) is 0 Å². The van der Waals surface area contributed by atoms with Crippen LogP contribution in [0.5, 0.6) is 5.75 Å². The van der Waals surface area contributed by atoms with Crippen molar-refractivity contribution in [2.75, 3.05) is 23.9 Å². The van der Waals surface area contributed by atoms with E-state index in [0.29, 0.717) is 23.0 Å². The van der Waals surface area contributed by atoms with Gasteiger partial charge in [-0.15, -0.1) is 0 Å². The van der Waals surface area contributed by atoms with Gasteiger partial charge in [-0.1, -0.05) is 54.4 Å². The molecule has 37 heavy (non-hydrogen) atoms. The maximum Gasteiger partial charge on any atom is 0.264 e. The van der Waals surface area contributed by atoms with Gasteiger partial charge in [-0.05, 0) is 73.5 Å². The van der Waals surface area contributed by atoms with E-state index < -0.39 is 16.1 Å². The number of carbonyl (C=O) groups is 1. The largest absolute Gasteiger partial charge is 0.476 e. The van der Waals surface area contributed by atoms with E-state index in [-0.39, 0.29) is 17.3 Å². The summed E-state index contributed by atoms with van der Waals surface area (Å²) in [5, 5.41) is 3.42. The highest BCUT2D eigenvalue weighted by molar-refractivity contribution is 7.92. The van der Waals surface area contributed by atoms with E-state index in [0.717, 1.165) is 25.2 Å². The Balaban J connectivity index is 1.32. The van der Waals surface area contributed by atoms with Gasteiger partial charge < -0.3 is 10.1 Å². The summed E-state index contributed by atoms with van der Waals surface area (Å²) in [6.07, 6.45) is 2.72. The van der Waals surface area contributed by atoms with Crippen LogP contribution in [0.4, 0.5) is 5.69 Å². The fourth-order valence-corrected chi connectivity index (χ4v) is 6.44. The molecular weight excluding hydrogens is 510 g/mol. The quantitative estimate of drug-likeness (QED) is 0.475. The average molecular weight is 540 g/mol. The Morgan fingerprint density at radius 2 is 1.59 bits per heavy atom. The number of nitrogens with one attached hydrogen (secondary N) is 1. The fourth-order valence-electron chi connectivity index (χ4n) is 4.84. The van der Waals surface area contributed by atoms with Crippen LogP contribution >= 0.6 is 11.6 Å². The number of ether oxygens (including phenoxy) is 1. The molecule has 7 nitrogen and oxygen atoms in total. The standard InChI is InChI=1S/C28H30ClN3O4S/c29-23-12-14-24(15-13-23)37(34,35)32-20-27(36-26-11-5-4-10-25(26)32)28(33)30-18-21-8-2-3-9-22(21)19-31-16-6-1-7-17-31/h2-5,8-15,27H,1,6-7,16-20H2,(H,30,33)/t27-/m0/s1. The molecule has 3 aromatic carbocycles. The molecule has 1 N–H and O–H groups in total. The maximum absolute atomic E-state index is 13.5. The van der Waals surface area contributed by atoms with E-state index in [2.05, 4.69) is 16.3 Å².